The molecule has 0 atom stereocenters. The molecule has 0 bridgehead atoms. The van der Waals surface area contributed by atoms with Gasteiger partial charge in [0.15, 0.2) is 0 Å². The van der Waals surface area contributed by atoms with Crippen LogP contribution in [-0.2, 0) is 4.18 Å². The Bertz CT molecular complexity index is 210. The molecule has 0 saturated heterocycles. The third kappa shape index (κ3) is 7.06. The molecule has 0 heterocycles. The summed E-state index contributed by atoms with van der Waals surface area (Å²) >= 11 is 18.3. The molecule has 0 rings (SSSR count). The van der Waals surface area contributed by atoms with Gasteiger partial charge in [0.05, 0.1) is 0 Å². The molecule has 0 aromatic heterocycles. The van der Waals surface area contributed by atoms with Gasteiger partial charge >= 0.3 is 15.1 Å². The molecule has 0 N–H and O–H groups in total. The Morgan fingerprint density at radius 1 is 1.00 bits per heavy atom. The Balaban J connectivity index is 4.85. The third-order valence-electron chi connectivity index (χ3n) is 0.455. The van der Waals surface area contributed by atoms with Gasteiger partial charge in [-0.15, -0.1) is 0 Å². The highest BCUT2D eigenvalue weighted by Gasteiger charge is 2.70. The van der Waals surface area contributed by atoms with Gasteiger partial charge in [0.25, 0.3) is 0 Å². The maximum Gasteiger partial charge on any atom is 0.400 e. The number of rotatable bonds is 3. The Morgan fingerprint density at radius 2 is 1.31 bits per heavy atom. The summed E-state index contributed by atoms with van der Waals surface area (Å²) in [5.41, 5.74) is 0. The van der Waals surface area contributed by atoms with E-state index in [1.54, 1.807) is 0 Å². The number of alkyl halides is 2. The Morgan fingerprint density at radius 3 is 1.38 bits per heavy atom. The van der Waals surface area contributed by atoms with Crippen LogP contribution in [0, 0.1) is 0 Å². The smallest absolute Gasteiger partial charge is 0.183 e. The zero-order chi connectivity index (χ0) is 11.2. The van der Waals surface area contributed by atoms with Crippen LogP contribution in [0.1, 0.15) is 0 Å². The Hall–Kier alpha value is 1.08. The highest BCUT2D eigenvalue weighted by atomic mass is 35.6. The van der Waals surface area contributed by atoms with Crippen molar-refractivity contribution in [2.24, 2.45) is 0 Å². The van der Waals surface area contributed by atoms with Gasteiger partial charge in [-0.3, -0.25) is 0 Å². The molecule has 12 heteroatoms. The molecular weight excluding hydrogens is 311 g/mol. The zero-order valence-corrected chi connectivity index (χ0v) is 9.01. The SMILES string of the molecule is FS(F)(F)(F)(F)OC(Cl)(Cl)N(Cl)Cl. The zero-order valence-electron chi connectivity index (χ0n) is 5.17. The summed E-state index contributed by atoms with van der Waals surface area (Å²) in [7, 11) is -10.2. The van der Waals surface area contributed by atoms with E-state index in [1.807, 2.05) is 0 Å². The van der Waals surface area contributed by atoms with Gasteiger partial charge in [0.2, 0.25) is 0 Å². The van der Waals surface area contributed by atoms with Crippen molar-refractivity contribution in [1.82, 2.24) is 3.94 Å². The van der Waals surface area contributed by atoms with Crippen molar-refractivity contribution in [1.29, 1.82) is 0 Å². The van der Waals surface area contributed by atoms with Crippen LogP contribution in [0.15, 0.2) is 0 Å². The van der Waals surface area contributed by atoms with Crippen LogP contribution in [0.4, 0.5) is 19.4 Å². The maximum atomic E-state index is 11.5. The summed E-state index contributed by atoms with van der Waals surface area (Å²) < 4.78 is 55.7. The van der Waals surface area contributed by atoms with Gasteiger partial charge in [-0.25, -0.2) is 0 Å². The lowest BCUT2D eigenvalue weighted by atomic mass is 11.3. The molecule has 0 aliphatic rings. The molecular formula is CCl4F5NOS. The van der Waals surface area contributed by atoms with E-state index in [-0.39, 0.29) is 0 Å². The van der Waals surface area contributed by atoms with E-state index >= 15 is 0 Å². The van der Waals surface area contributed by atoms with Crippen molar-refractivity contribution in [3.63, 3.8) is 0 Å². The molecule has 0 amide bonds. The number of nitrogens with zero attached hydrogens (tertiary/aromatic N) is 1. The second-order valence-electron chi connectivity index (χ2n) is 1.70. The van der Waals surface area contributed by atoms with Crippen LogP contribution in [-0.4, -0.2) is 8.58 Å². The maximum absolute atomic E-state index is 11.5. The van der Waals surface area contributed by atoms with Crippen LogP contribution < -0.4 is 0 Å². The largest absolute Gasteiger partial charge is 0.400 e. The molecule has 0 aliphatic carbocycles. The summed E-state index contributed by atoms with van der Waals surface area (Å²) in [5.74, 6) is 0. The molecule has 0 unspecified atom stereocenters. The van der Waals surface area contributed by atoms with Crippen LogP contribution in [0.5, 0.6) is 0 Å². The first-order valence-corrected chi connectivity index (χ1v) is 5.39. The first kappa shape index (κ1) is 14.1. The third-order valence-corrected chi connectivity index (χ3v) is 2.51. The lowest BCUT2D eigenvalue weighted by Crippen LogP contribution is -2.33. The summed E-state index contributed by atoms with van der Waals surface area (Å²) in [6.45, 7) is 0. The van der Waals surface area contributed by atoms with E-state index in [4.69, 9.17) is 0 Å². The molecule has 2 nitrogen and oxygen atoms in total. The second kappa shape index (κ2) is 2.81. The molecule has 84 valence electrons. The average Bonchev–Trinajstić information content (AvgIpc) is 1.51. The van der Waals surface area contributed by atoms with Gasteiger partial charge in [0, 0.05) is 23.6 Å². The van der Waals surface area contributed by atoms with Crippen molar-refractivity contribution in [2.75, 3.05) is 0 Å². The van der Waals surface area contributed by atoms with Crippen molar-refractivity contribution < 1.29 is 23.6 Å². The van der Waals surface area contributed by atoms with Crippen LogP contribution in [0.25, 0.3) is 0 Å². The molecule has 0 aromatic rings. The van der Waals surface area contributed by atoms with Gasteiger partial charge in [-0.2, -0.15) is 4.18 Å². The monoisotopic (exact) mass is 309 g/mol. The molecule has 13 heavy (non-hydrogen) atoms. The number of hydrogen-bond acceptors (Lipinski definition) is 2. The lowest BCUT2D eigenvalue weighted by molar-refractivity contribution is 0.0834. The summed E-state index contributed by atoms with van der Waals surface area (Å²) in [6.07, 6.45) is 0. The highest BCUT2D eigenvalue weighted by Crippen LogP contribution is 2.99. The predicted molar refractivity (Wildman–Crippen MR) is 42.2 cm³/mol. The Labute approximate surface area is 89.6 Å². The van der Waals surface area contributed by atoms with Gasteiger partial charge < -0.3 is 0 Å². The van der Waals surface area contributed by atoms with E-state index in [1.165, 1.54) is 0 Å². The minimum absolute atomic E-state index is 0.617. The molecule has 0 saturated carbocycles. The molecule has 0 fully saturated rings. The van der Waals surface area contributed by atoms with Crippen molar-refractivity contribution in [2.45, 2.75) is 4.64 Å². The fourth-order valence-electron chi connectivity index (χ4n) is 0.218. The topological polar surface area (TPSA) is 12.5 Å². The highest BCUT2D eigenvalue weighted by molar-refractivity contribution is 8.42. The number of halogens is 9. The predicted octanol–water partition coefficient (Wildman–Crippen LogP) is 4.91. The van der Waals surface area contributed by atoms with Gasteiger partial charge in [-0.05, 0) is 23.2 Å². The normalized spacial score (nSPS) is 19.8. The van der Waals surface area contributed by atoms with E-state index in [0.717, 1.165) is 0 Å². The van der Waals surface area contributed by atoms with Crippen molar-refractivity contribution >= 4 is 57.3 Å². The average molecular weight is 311 g/mol. The van der Waals surface area contributed by atoms with E-state index < -0.39 is 19.1 Å². The molecule has 0 aromatic carbocycles. The van der Waals surface area contributed by atoms with Crippen LogP contribution in [0.2, 0.25) is 0 Å². The van der Waals surface area contributed by atoms with E-state index in [2.05, 4.69) is 50.9 Å². The van der Waals surface area contributed by atoms with Crippen molar-refractivity contribution in [3.8, 4) is 0 Å². The van der Waals surface area contributed by atoms with E-state index in [9.17, 15) is 19.4 Å². The molecule has 0 radical (unpaired) electrons. The van der Waals surface area contributed by atoms with Gasteiger partial charge in [0.1, 0.15) is 0 Å². The van der Waals surface area contributed by atoms with E-state index in [0.29, 0.717) is 0 Å². The second-order valence-corrected chi connectivity index (χ2v) is 5.73. The minimum atomic E-state index is -10.2. The van der Waals surface area contributed by atoms with Gasteiger partial charge in [-0.1, -0.05) is 23.4 Å². The van der Waals surface area contributed by atoms with Crippen LogP contribution >= 0.6 is 57.3 Å². The number of hydrogen-bond donors (Lipinski definition) is 0. The summed E-state index contributed by atoms with van der Waals surface area (Å²) in [6, 6.07) is 0. The Kier molecular flexibility index (Phi) is 3.04. The first-order valence-electron chi connectivity index (χ1n) is 2.08. The quantitative estimate of drug-likeness (QED) is 0.241. The summed E-state index contributed by atoms with van der Waals surface area (Å²) in [4.78, 5) is 0. The van der Waals surface area contributed by atoms with Crippen molar-refractivity contribution in [3.05, 3.63) is 0 Å². The fraction of sp³-hybridized carbons (Fsp3) is 1.00. The first-order chi connectivity index (χ1) is 5.13. The minimum Gasteiger partial charge on any atom is -0.183 e. The van der Waals surface area contributed by atoms with Crippen LogP contribution in [0.3, 0.4) is 0 Å². The summed E-state index contributed by atoms with van der Waals surface area (Å²) in [5, 5.41) is 0. The molecule has 0 aliphatic heterocycles. The fourth-order valence-corrected chi connectivity index (χ4v) is 1.54. The lowest BCUT2D eigenvalue weighted by Gasteiger charge is -2.42. The molecule has 0 spiro atoms. The standard InChI is InChI=1S/CCl4F5NOS/c2-1(3,11(4)5)12-13(6,7,8,9)10.